The van der Waals surface area contributed by atoms with E-state index >= 15 is 0 Å². The summed E-state index contributed by atoms with van der Waals surface area (Å²) in [5, 5.41) is 14.4. The van der Waals surface area contributed by atoms with Crippen molar-refractivity contribution in [1.82, 2.24) is 5.32 Å². The Morgan fingerprint density at radius 1 is 1.00 bits per heavy atom. The summed E-state index contributed by atoms with van der Waals surface area (Å²) >= 11 is 0. The van der Waals surface area contributed by atoms with Crippen LogP contribution in [0.15, 0.2) is 48.5 Å². The molecule has 4 heteroatoms. The summed E-state index contributed by atoms with van der Waals surface area (Å²) in [6, 6.07) is 13.2. The first-order chi connectivity index (χ1) is 11.1. The van der Waals surface area contributed by atoms with Gasteiger partial charge >= 0.3 is 0 Å². The molecule has 0 radical (unpaired) electrons. The molecule has 0 spiro atoms. The maximum absolute atomic E-state index is 13.9. The van der Waals surface area contributed by atoms with Crippen LogP contribution in [0.25, 0.3) is 0 Å². The van der Waals surface area contributed by atoms with Crippen LogP contribution >= 0.6 is 0 Å². The highest BCUT2D eigenvalue weighted by atomic mass is 19.1. The molecule has 2 atom stereocenters. The molecule has 1 fully saturated rings. The second-order valence-corrected chi connectivity index (χ2v) is 6.32. The minimum absolute atomic E-state index is 0.159. The van der Waals surface area contributed by atoms with Gasteiger partial charge in [0.25, 0.3) is 0 Å². The van der Waals surface area contributed by atoms with E-state index in [0.29, 0.717) is 37.1 Å². The van der Waals surface area contributed by atoms with Crippen molar-refractivity contribution < 1.29 is 13.9 Å². The Morgan fingerprint density at radius 3 is 2.26 bits per heavy atom. The van der Waals surface area contributed by atoms with E-state index in [1.165, 1.54) is 12.1 Å². The summed E-state index contributed by atoms with van der Waals surface area (Å²) in [6.07, 6.45) is 1.21. The van der Waals surface area contributed by atoms with Crippen LogP contribution in [-0.2, 0) is 12.8 Å². The lowest BCUT2D eigenvalue weighted by Crippen LogP contribution is -2.52. The first kappa shape index (κ1) is 16.1. The largest absolute Gasteiger partial charge is 0.389 e. The molecule has 0 bridgehead atoms. The van der Waals surface area contributed by atoms with Crippen LogP contribution in [0.1, 0.15) is 17.5 Å². The predicted octanol–water partition coefficient (Wildman–Crippen LogP) is 3.09. The molecule has 0 saturated carbocycles. The van der Waals surface area contributed by atoms with Gasteiger partial charge in [-0.2, -0.15) is 0 Å². The number of aliphatic hydroxyl groups is 1. The van der Waals surface area contributed by atoms with E-state index in [1.807, 2.05) is 0 Å². The minimum atomic E-state index is -1.03. The molecule has 1 aliphatic rings. The van der Waals surface area contributed by atoms with Gasteiger partial charge in [-0.1, -0.05) is 36.4 Å². The van der Waals surface area contributed by atoms with Gasteiger partial charge in [0.2, 0.25) is 0 Å². The molecule has 0 aromatic heterocycles. The molecule has 2 aromatic rings. The zero-order chi connectivity index (χ0) is 16.3. The number of rotatable bonds is 4. The zero-order valence-corrected chi connectivity index (χ0v) is 12.9. The fourth-order valence-electron chi connectivity index (χ4n) is 3.37. The van der Waals surface area contributed by atoms with Crippen LogP contribution in [0, 0.1) is 17.6 Å². The molecule has 1 aliphatic heterocycles. The maximum Gasteiger partial charge on any atom is 0.126 e. The molecule has 1 heterocycles. The Hall–Kier alpha value is -1.78. The second kappa shape index (κ2) is 6.77. The second-order valence-electron chi connectivity index (χ2n) is 6.32. The standard InChI is InChI=1S/C19H21F2NO/c20-17-7-3-1-5-14(17)11-16-13-22-10-9-19(16,23)12-15-6-2-4-8-18(15)21/h1-8,16,22-23H,9-13H2/t16-,19-/m0/s1. The van der Waals surface area contributed by atoms with Gasteiger partial charge in [0.15, 0.2) is 0 Å². The first-order valence-electron chi connectivity index (χ1n) is 7.98. The predicted molar refractivity (Wildman–Crippen MR) is 86.1 cm³/mol. The molecule has 0 amide bonds. The van der Waals surface area contributed by atoms with E-state index in [0.717, 1.165) is 0 Å². The number of benzene rings is 2. The Kier molecular flexibility index (Phi) is 4.74. The molecule has 2 aromatic carbocycles. The van der Waals surface area contributed by atoms with Crippen LogP contribution in [0.4, 0.5) is 8.78 Å². The molecule has 1 saturated heterocycles. The lowest BCUT2D eigenvalue weighted by atomic mass is 9.74. The van der Waals surface area contributed by atoms with Crippen molar-refractivity contribution >= 4 is 0 Å². The number of piperidine rings is 1. The summed E-state index contributed by atoms with van der Waals surface area (Å²) in [7, 11) is 0. The quantitative estimate of drug-likeness (QED) is 0.908. The normalized spacial score (nSPS) is 24.6. The highest BCUT2D eigenvalue weighted by molar-refractivity contribution is 5.22. The van der Waals surface area contributed by atoms with Crippen molar-refractivity contribution in [2.24, 2.45) is 5.92 Å². The van der Waals surface area contributed by atoms with Gasteiger partial charge in [-0.25, -0.2) is 8.78 Å². The van der Waals surface area contributed by atoms with Gasteiger partial charge < -0.3 is 10.4 Å². The number of nitrogens with one attached hydrogen (secondary N) is 1. The Balaban J connectivity index is 1.83. The molecule has 2 nitrogen and oxygen atoms in total. The third-order valence-corrected chi connectivity index (χ3v) is 4.76. The maximum atomic E-state index is 13.9. The summed E-state index contributed by atoms with van der Waals surface area (Å²) in [4.78, 5) is 0. The average molecular weight is 317 g/mol. The molecular formula is C19H21F2NO. The van der Waals surface area contributed by atoms with E-state index in [2.05, 4.69) is 5.32 Å². The van der Waals surface area contributed by atoms with Crippen LogP contribution in [0.5, 0.6) is 0 Å². The van der Waals surface area contributed by atoms with Crippen molar-refractivity contribution in [3.05, 3.63) is 71.3 Å². The summed E-state index contributed by atoms with van der Waals surface area (Å²) in [5.74, 6) is -0.719. The smallest absolute Gasteiger partial charge is 0.126 e. The van der Waals surface area contributed by atoms with Crippen LogP contribution < -0.4 is 5.32 Å². The third-order valence-electron chi connectivity index (χ3n) is 4.76. The van der Waals surface area contributed by atoms with Crippen LogP contribution in [-0.4, -0.2) is 23.8 Å². The highest BCUT2D eigenvalue weighted by Crippen LogP contribution is 2.32. The highest BCUT2D eigenvalue weighted by Gasteiger charge is 2.39. The number of halogens is 2. The van der Waals surface area contributed by atoms with Gasteiger partial charge in [0, 0.05) is 18.9 Å². The van der Waals surface area contributed by atoms with Crippen molar-refractivity contribution in [1.29, 1.82) is 0 Å². The van der Waals surface area contributed by atoms with Gasteiger partial charge in [0.05, 0.1) is 5.60 Å². The number of hydrogen-bond acceptors (Lipinski definition) is 2. The van der Waals surface area contributed by atoms with Crippen molar-refractivity contribution in [2.45, 2.75) is 24.9 Å². The van der Waals surface area contributed by atoms with Crippen LogP contribution in [0.3, 0.4) is 0 Å². The minimum Gasteiger partial charge on any atom is -0.389 e. The van der Waals surface area contributed by atoms with E-state index in [-0.39, 0.29) is 24.0 Å². The van der Waals surface area contributed by atoms with Gasteiger partial charge in [-0.15, -0.1) is 0 Å². The monoisotopic (exact) mass is 317 g/mol. The van der Waals surface area contributed by atoms with Crippen molar-refractivity contribution in [3.8, 4) is 0 Å². The first-order valence-corrected chi connectivity index (χ1v) is 7.98. The van der Waals surface area contributed by atoms with Gasteiger partial charge in [-0.3, -0.25) is 0 Å². The molecule has 0 aliphatic carbocycles. The fourth-order valence-corrected chi connectivity index (χ4v) is 3.37. The molecular weight excluding hydrogens is 296 g/mol. The van der Waals surface area contributed by atoms with E-state index in [1.54, 1.807) is 36.4 Å². The molecule has 122 valence electrons. The summed E-state index contributed by atoms with van der Waals surface area (Å²) in [5.41, 5.74) is 0.0685. The molecule has 23 heavy (non-hydrogen) atoms. The topological polar surface area (TPSA) is 32.3 Å². The Morgan fingerprint density at radius 2 is 1.61 bits per heavy atom. The van der Waals surface area contributed by atoms with Crippen LogP contribution in [0.2, 0.25) is 0 Å². The fraction of sp³-hybridized carbons (Fsp3) is 0.368. The third kappa shape index (κ3) is 3.59. The Bertz CT molecular complexity index is 676. The summed E-state index contributed by atoms with van der Waals surface area (Å²) < 4.78 is 27.9. The van der Waals surface area contributed by atoms with Crippen molar-refractivity contribution in [3.63, 3.8) is 0 Å². The molecule has 3 rings (SSSR count). The average Bonchev–Trinajstić information content (AvgIpc) is 2.54. The lowest BCUT2D eigenvalue weighted by Gasteiger charge is -2.41. The Labute approximate surface area is 135 Å². The van der Waals surface area contributed by atoms with E-state index in [4.69, 9.17) is 0 Å². The van der Waals surface area contributed by atoms with E-state index < -0.39 is 5.60 Å². The molecule has 0 unspecified atom stereocenters. The number of hydrogen-bond donors (Lipinski definition) is 2. The van der Waals surface area contributed by atoms with Gasteiger partial charge in [-0.05, 0) is 42.6 Å². The zero-order valence-electron chi connectivity index (χ0n) is 12.9. The van der Waals surface area contributed by atoms with Gasteiger partial charge in [0.1, 0.15) is 11.6 Å². The van der Waals surface area contributed by atoms with Crippen molar-refractivity contribution in [2.75, 3.05) is 13.1 Å². The lowest BCUT2D eigenvalue weighted by molar-refractivity contribution is -0.0407. The molecule has 2 N–H and O–H groups in total. The summed E-state index contributed by atoms with van der Waals surface area (Å²) in [6.45, 7) is 1.28. The SMILES string of the molecule is O[C@]1(Cc2ccccc2F)CCNC[C@@H]1Cc1ccccc1F. The van der Waals surface area contributed by atoms with E-state index in [9.17, 15) is 13.9 Å².